The Morgan fingerprint density at radius 1 is 1.53 bits per heavy atom. The maximum absolute atomic E-state index is 6.20. The van der Waals surface area contributed by atoms with Crippen LogP contribution in [0.15, 0.2) is 34.4 Å². The number of nitrogens with one attached hydrogen (secondary N) is 1. The SMILES string of the molecule is CCCNC(Cc1ccncc1Cl)c1cc(Br)cs1. The van der Waals surface area contributed by atoms with Crippen LogP contribution in [0.5, 0.6) is 0 Å². The van der Waals surface area contributed by atoms with E-state index in [4.69, 9.17) is 11.6 Å². The van der Waals surface area contributed by atoms with Gasteiger partial charge in [0.1, 0.15) is 0 Å². The van der Waals surface area contributed by atoms with Crippen molar-refractivity contribution >= 4 is 38.9 Å². The molecule has 0 spiro atoms. The standard InChI is InChI=1S/C14H16BrClN2S/c1-2-4-18-13(14-7-11(15)9-19-14)6-10-3-5-17-8-12(10)16/h3,5,7-9,13,18H,2,4,6H2,1H3. The second-order valence-electron chi connectivity index (χ2n) is 4.35. The summed E-state index contributed by atoms with van der Waals surface area (Å²) in [6.07, 6.45) is 5.50. The molecule has 2 rings (SSSR count). The summed E-state index contributed by atoms with van der Waals surface area (Å²) < 4.78 is 1.14. The molecule has 0 aliphatic carbocycles. The van der Waals surface area contributed by atoms with Crippen molar-refractivity contribution in [2.75, 3.05) is 6.54 Å². The number of hydrogen-bond acceptors (Lipinski definition) is 3. The molecule has 0 radical (unpaired) electrons. The van der Waals surface area contributed by atoms with Gasteiger partial charge in [-0.2, -0.15) is 0 Å². The van der Waals surface area contributed by atoms with Crippen LogP contribution in [-0.4, -0.2) is 11.5 Å². The third kappa shape index (κ3) is 4.28. The molecule has 1 unspecified atom stereocenters. The lowest BCUT2D eigenvalue weighted by molar-refractivity contribution is 0.536. The predicted octanol–water partition coefficient (Wildman–Crippen LogP) is 4.84. The van der Waals surface area contributed by atoms with Gasteiger partial charge in [-0.15, -0.1) is 11.3 Å². The number of pyridine rings is 1. The van der Waals surface area contributed by atoms with Crippen molar-refractivity contribution in [3.05, 3.63) is 49.8 Å². The minimum atomic E-state index is 0.302. The monoisotopic (exact) mass is 358 g/mol. The molecule has 2 heterocycles. The van der Waals surface area contributed by atoms with Gasteiger partial charge in [0.25, 0.3) is 0 Å². The van der Waals surface area contributed by atoms with Gasteiger partial charge in [-0.1, -0.05) is 18.5 Å². The summed E-state index contributed by atoms with van der Waals surface area (Å²) in [6, 6.07) is 4.47. The summed E-state index contributed by atoms with van der Waals surface area (Å²) in [7, 11) is 0. The van der Waals surface area contributed by atoms with Crippen LogP contribution in [0, 0.1) is 0 Å². The molecule has 19 heavy (non-hydrogen) atoms. The second-order valence-corrected chi connectivity index (χ2v) is 6.61. The molecular formula is C14H16BrClN2S. The van der Waals surface area contributed by atoms with E-state index in [1.807, 2.05) is 6.07 Å². The summed E-state index contributed by atoms with van der Waals surface area (Å²) in [5.74, 6) is 0. The van der Waals surface area contributed by atoms with Crippen LogP contribution in [0.25, 0.3) is 0 Å². The summed E-state index contributed by atoms with van der Waals surface area (Å²) in [5, 5.41) is 6.44. The molecule has 0 saturated carbocycles. The van der Waals surface area contributed by atoms with Crippen molar-refractivity contribution in [3.63, 3.8) is 0 Å². The number of nitrogens with zero attached hydrogens (tertiary/aromatic N) is 1. The van der Waals surface area contributed by atoms with Crippen LogP contribution in [0.2, 0.25) is 5.02 Å². The largest absolute Gasteiger partial charge is 0.309 e. The first-order valence-electron chi connectivity index (χ1n) is 6.26. The summed E-state index contributed by atoms with van der Waals surface area (Å²) in [6.45, 7) is 3.18. The van der Waals surface area contributed by atoms with E-state index in [1.54, 1.807) is 23.7 Å². The lowest BCUT2D eigenvalue weighted by atomic mass is 10.1. The van der Waals surface area contributed by atoms with E-state index >= 15 is 0 Å². The van der Waals surface area contributed by atoms with Gasteiger partial charge in [0.2, 0.25) is 0 Å². The van der Waals surface area contributed by atoms with E-state index in [0.717, 1.165) is 34.4 Å². The first-order valence-corrected chi connectivity index (χ1v) is 8.31. The number of rotatable bonds is 6. The molecule has 0 aliphatic heterocycles. The molecule has 102 valence electrons. The minimum Gasteiger partial charge on any atom is -0.309 e. The zero-order valence-corrected chi connectivity index (χ0v) is 13.9. The van der Waals surface area contributed by atoms with Crippen LogP contribution in [0.3, 0.4) is 0 Å². The van der Waals surface area contributed by atoms with Crippen LogP contribution in [0.4, 0.5) is 0 Å². The highest BCUT2D eigenvalue weighted by molar-refractivity contribution is 9.10. The van der Waals surface area contributed by atoms with E-state index in [1.165, 1.54) is 4.88 Å². The van der Waals surface area contributed by atoms with E-state index in [-0.39, 0.29) is 0 Å². The van der Waals surface area contributed by atoms with Gasteiger partial charge in [0.15, 0.2) is 0 Å². The molecule has 0 bridgehead atoms. The Hall–Kier alpha value is -0.420. The van der Waals surface area contributed by atoms with Gasteiger partial charge < -0.3 is 5.32 Å². The highest BCUT2D eigenvalue weighted by atomic mass is 79.9. The first-order chi connectivity index (χ1) is 9.20. The van der Waals surface area contributed by atoms with Crippen molar-refractivity contribution in [2.45, 2.75) is 25.8 Å². The van der Waals surface area contributed by atoms with Gasteiger partial charge in [0, 0.05) is 33.2 Å². The van der Waals surface area contributed by atoms with Crippen molar-refractivity contribution in [1.29, 1.82) is 0 Å². The molecule has 5 heteroatoms. The Morgan fingerprint density at radius 3 is 3.00 bits per heavy atom. The smallest absolute Gasteiger partial charge is 0.0622 e. The summed E-state index contributed by atoms with van der Waals surface area (Å²) in [5.41, 5.74) is 1.13. The van der Waals surface area contributed by atoms with Crippen molar-refractivity contribution in [2.24, 2.45) is 0 Å². The van der Waals surface area contributed by atoms with Crippen molar-refractivity contribution in [3.8, 4) is 0 Å². The topological polar surface area (TPSA) is 24.9 Å². The Balaban J connectivity index is 2.16. The van der Waals surface area contributed by atoms with Gasteiger partial charge >= 0.3 is 0 Å². The fourth-order valence-corrected chi connectivity index (χ4v) is 3.61. The fourth-order valence-electron chi connectivity index (χ4n) is 1.89. The van der Waals surface area contributed by atoms with Crippen LogP contribution in [-0.2, 0) is 6.42 Å². The van der Waals surface area contributed by atoms with Gasteiger partial charge in [-0.25, -0.2) is 0 Å². The van der Waals surface area contributed by atoms with Gasteiger partial charge in [-0.3, -0.25) is 4.98 Å². The molecule has 2 aromatic rings. The molecule has 0 fully saturated rings. The highest BCUT2D eigenvalue weighted by Gasteiger charge is 2.15. The average Bonchev–Trinajstić information content (AvgIpc) is 2.83. The van der Waals surface area contributed by atoms with Crippen LogP contribution < -0.4 is 5.32 Å². The van der Waals surface area contributed by atoms with Gasteiger partial charge in [-0.05, 0) is 53.0 Å². The fraction of sp³-hybridized carbons (Fsp3) is 0.357. The molecule has 0 saturated heterocycles. The lowest BCUT2D eigenvalue weighted by Crippen LogP contribution is -2.23. The molecule has 0 amide bonds. The van der Waals surface area contributed by atoms with E-state index in [0.29, 0.717) is 6.04 Å². The molecular weight excluding hydrogens is 344 g/mol. The van der Waals surface area contributed by atoms with Crippen molar-refractivity contribution < 1.29 is 0 Å². The van der Waals surface area contributed by atoms with E-state index in [9.17, 15) is 0 Å². The predicted molar refractivity (Wildman–Crippen MR) is 86.0 cm³/mol. The summed E-state index contributed by atoms with van der Waals surface area (Å²) >= 11 is 11.5. The normalized spacial score (nSPS) is 12.6. The second kappa shape index (κ2) is 7.39. The van der Waals surface area contributed by atoms with Crippen molar-refractivity contribution in [1.82, 2.24) is 10.3 Å². The number of aromatic nitrogens is 1. The third-order valence-electron chi connectivity index (χ3n) is 2.85. The molecule has 0 aromatic carbocycles. The molecule has 2 aromatic heterocycles. The summed E-state index contributed by atoms with van der Waals surface area (Å²) in [4.78, 5) is 5.36. The number of thiophene rings is 1. The zero-order chi connectivity index (χ0) is 13.7. The molecule has 2 nitrogen and oxygen atoms in total. The highest BCUT2D eigenvalue weighted by Crippen LogP contribution is 2.29. The third-order valence-corrected chi connectivity index (χ3v) is 5.00. The Morgan fingerprint density at radius 2 is 2.37 bits per heavy atom. The maximum Gasteiger partial charge on any atom is 0.0622 e. The first kappa shape index (κ1) is 15.0. The molecule has 1 N–H and O–H groups in total. The van der Waals surface area contributed by atoms with E-state index in [2.05, 4.69) is 44.6 Å². The van der Waals surface area contributed by atoms with Gasteiger partial charge in [0.05, 0.1) is 5.02 Å². The number of hydrogen-bond donors (Lipinski definition) is 1. The quantitative estimate of drug-likeness (QED) is 0.798. The maximum atomic E-state index is 6.20. The Bertz CT molecular complexity index is 530. The lowest BCUT2D eigenvalue weighted by Gasteiger charge is -2.17. The number of halogens is 2. The average molecular weight is 360 g/mol. The zero-order valence-electron chi connectivity index (χ0n) is 10.7. The van der Waals surface area contributed by atoms with Crippen LogP contribution >= 0.6 is 38.9 Å². The Labute approximate surface area is 131 Å². The minimum absolute atomic E-state index is 0.302. The van der Waals surface area contributed by atoms with Crippen LogP contribution in [0.1, 0.15) is 29.8 Å². The van der Waals surface area contributed by atoms with E-state index < -0.39 is 0 Å². The Kier molecular flexibility index (Phi) is 5.82. The molecule has 1 atom stereocenters. The molecule has 0 aliphatic rings.